The number of rotatable bonds is 5. The lowest BCUT2D eigenvalue weighted by atomic mass is 10.0. The first-order valence-electron chi connectivity index (χ1n) is 6.55. The van der Waals surface area contributed by atoms with Crippen LogP contribution in [0, 0.1) is 0 Å². The Labute approximate surface area is 134 Å². The summed E-state index contributed by atoms with van der Waals surface area (Å²) in [7, 11) is 3.21. The van der Waals surface area contributed by atoms with Crippen LogP contribution >= 0.6 is 11.6 Å². The maximum Gasteiger partial charge on any atom is 0.118 e. The van der Waals surface area contributed by atoms with E-state index in [0.29, 0.717) is 10.6 Å². The number of hydrogen-bond acceptors (Lipinski definition) is 4. The highest BCUT2D eigenvalue weighted by Crippen LogP contribution is 2.30. The van der Waals surface area contributed by atoms with Crippen molar-refractivity contribution in [2.24, 2.45) is 5.16 Å². The zero-order valence-electron chi connectivity index (χ0n) is 12.3. The second-order valence-corrected chi connectivity index (χ2v) is 4.81. The van der Waals surface area contributed by atoms with Crippen molar-refractivity contribution in [2.75, 3.05) is 14.2 Å². The molecule has 0 saturated heterocycles. The highest BCUT2D eigenvalue weighted by Gasteiger charge is 2.09. The average Bonchev–Trinajstić information content (AvgIpc) is 2.59. The second-order valence-electron chi connectivity index (χ2n) is 4.43. The highest BCUT2D eigenvalue weighted by atomic mass is 35.5. The topological polar surface area (TPSA) is 51.0 Å². The molecule has 0 aromatic heterocycles. The van der Waals surface area contributed by atoms with Gasteiger partial charge in [-0.1, -0.05) is 28.9 Å². The number of benzene rings is 2. The maximum atomic E-state index is 8.91. The number of halogens is 1. The number of oxime groups is 1. The quantitative estimate of drug-likeness (QED) is 0.388. The summed E-state index contributed by atoms with van der Waals surface area (Å²) in [4.78, 5) is 0. The van der Waals surface area contributed by atoms with Crippen LogP contribution in [0.15, 0.2) is 53.7 Å². The van der Waals surface area contributed by atoms with Gasteiger partial charge in [-0.25, -0.2) is 0 Å². The lowest BCUT2D eigenvalue weighted by Gasteiger charge is -2.08. The molecule has 2 rings (SSSR count). The Morgan fingerprint density at radius 2 is 1.36 bits per heavy atom. The Morgan fingerprint density at radius 1 is 0.909 bits per heavy atom. The number of allylic oxidation sites excluding steroid dienone is 1. The molecule has 2 aromatic carbocycles. The summed E-state index contributed by atoms with van der Waals surface area (Å²) >= 11 is 6.46. The molecule has 2 aromatic rings. The summed E-state index contributed by atoms with van der Waals surface area (Å²) in [6.45, 7) is 0. The van der Waals surface area contributed by atoms with Crippen molar-refractivity contribution in [3.63, 3.8) is 0 Å². The van der Waals surface area contributed by atoms with Gasteiger partial charge >= 0.3 is 0 Å². The van der Waals surface area contributed by atoms with Crippen LogP contribution in [0.2, 0.25) is 0 Å². The monoisotopic (exact) mass is 317 g/mol. The molecule has 5 heteroatoms. The lowest BCUT2D eigenvalue weighted by Crippen LogP contribution is -1.92. The third-order valence-electron chi connectivity index (χ3n) is 3.17. The molecule has 114 valence electrons. The van der Waals surface area contributed by atoms with E-state index in [0.717, 1.165) is 22.6 Å². The highest BCUT2D eigenvalue weighted by molar-refractivity contribution is 6.56. The van der Waals surface area contributed by atoms with Crippen LogP contribution in [0.4, 0.5) is 0 Å². The van der Waals surface area contributed by atoms with Gasteiger partial charge in [0.05, 0.1) is 25.5 Å². The van der Waals surface area contributed by atoms with E-state index in [2.05, 4.69) is 5.16 Å². The molecule has 0 spiro atoms. The normalized spacial score (nSPS) is 12.1. The van der Waals surface area contributed by atoms with Gasteiger partial charge in [-0.05, 0) is 47.5 Å². The van der Waals surface area contributed by atoms with E-state index in [9.17, 15) is 0 Å². The van der Waals surface area contributed by atoms with Crippen molar-refractivity contribution < 1.29 is 14.7 Å². The number of methoxy groups -OCH3 is 2. The Hall–Kier alpha value is -2.46. The number of hydrogen-bond donors (Lipinski definition) is 1. The summed E-state index contributed by atoms with van der Waals surface area (Å²) in [5.74, 6) is 1.49. The fourth-order valence-corrected chi connectivity index (χ4v) is 2.26. The van der Waals surface area contributed by atoms with Gasteiger partial charge in [0, 0.05) is 5.57 Å². The Morgan fingerprint density at radius 3 is 1.77 bits per heavy atom. The fraction of sp³-hybridized carbons (Fsp3) is 0.118. The molecular weight excluding hydrogens is 302 g/mol. The minimum absolute atomic E-state index is 0.477. The van der Waals surface area contributed by atoms with Crippen LogP contribution in [0.3, 0.4) is 0 Å². The molecule has 0 radical (unpaired) electrons. The van der Waals surface area contributed by atoms with Crippen LogP contribution in [0.25, 0.3) is 10.6 Å². The minimum atomic E-state index is 0.477. The molecule has 0 bridgehead atoms. The predicted molar refractivity (Wildman–Crippen MR) is 88.9 cm³/mol. The van der Waals surface area contributed by atoms with E-state index in [-0.39, 0.29) is 0 Å². The Bertz CT molecular complexity index is 676. The smallest absolute Gasteiger partial charge is 0.118 e. The van der Waals surface area contributed by atoms with Crippen molar-refractivity contribution in [1.29, 1.82) is 0 Å². The molecule has 0 fully saturated rings. The van der Waals surface area contributed by atoms with Gasteiger partial charge < -0.3 is 14.7 Å². The SMILES string of the molecule is COc1ccc(/C(Cl)=C(\C=N/O)c2ccc(OC)cc2)cc1. The third-order valence-corrected chi connectivity index (χ3v) is 3.59. The van der Waals surface area contributed by atoms with Crippen LogP contribution in [0.1, 0.15) is 11.1 Å². The molecule has 0 atom stereocenters. The summed E-state index contributed by atoms with van der Waals surface area (Å²) < 4.78 is 10.3. The first-order chi connectivity index (χ1) is 10.7. The van der Waals surface area contributed by atoms with Crippen LogP contribution in [0.5, 0.6) is 11.5 Å². The largest absolute Gasteiger partial charge is 0.497 e. The second kappa shape index (κ2) is 7.52. The fourth-order valence-electron chi connectivity index (χ4n) is 1.98. The van der Waals surface area contributed by atoms with Gasteiger partial charge in [0.15, 0.2) is 0 Å². The molecule has 1 N–H and O–H groups in total. The molecule has 0 saturated carbocycles. The summed E-state index contributed by atoms with van der Waals surface area (Å²) in [6.07, 6.45) is 1.31. The first-order valence-corrected chi connectivity index (χ1v) is 6.93. The van der Waals surface area contributed by atoms with Crippen LogP contribution in [-0.2, 0) is 0 Å². The van der Waals surface area contributed by atoms with Crippen LogP contribution in [-0.4, -0.2) is 25.6 Å². The van der Waals surface area contributed by atoms with Crippen molar-refractivity contribution in [3.8, 4) is 11.5 Å². The van der Waals surface area contributed by atoms with Crippen molar-refractivity contribution in [1.82, 2.24) is 0 Å². The molecule has 0 amide bonds. The molecule has 0 heterocycles. The molecular formula is C17H16ClNO3. The van der Waals surface area contributed by atoms with Gasteiger partial charge in [-0.3, -0.25) is 0 Å². The Kier molecular flexibility index (Phi) is 5.44. The molecule has 0 unspecified atom stereocenters. The summed E-state index contributed by atoms with van der Waals surface area (Å²) in [5.41, 5.74) is 2.23. The average molecular weight is 318 g/mol. The number of ether oxygens (including phenoxy) is 2. The van der Waals surface area contributed by atoms with Gasteiger partial charge in [-0.2, -0.15) is 0 Å². The number of nitrogens with zero attached hydrogens (tertiary/aromatic N) is 1. The molecule has 0 aliphatic rings. The molecule has 0 aliphatic carbocycles. The zero-order chi connectivity index (χ0) is 15.9. The lowest BCUT2D eigenvalue weighted by molar-refractivity contribution is 0.322. The van der Waals surface area contributed by atoms with Gasteiger partial charge in [0.25, 0.3) is 0 Å². The Balaban J connectivity index is 2.46. The van der Waals surface area contributed by atoms with E-state index < -0.39 is 0 Å². The molecule has 4 nitrogen and oxygen atoms in total. The predicted octanol–water partition coefficient (Wildman–Crippen LogP) is 4.27. The zero-order valence-corrected chi connectivity index (χ0v) is 13.0. The van der Waals surface area contributed by atoms with E-state index >= 15 is 0 Å². The van der Waals surface area contributed by atoms with E-state index in [1.807, 2.05) is 48.5 Å². The van der Waals surface area contributed by atoms with E-state index in [4.69, 9.17) is 26.3 Å². The van der Waals surface area contributed by atoms with Crippen molar-refractivity contribution in [2.45, 2.75) is 0 Å². The summed E-state index contributed by atoms with van der Waals surface area (Å²) in [6, 6.07) is 14.7. The van der Waals surface area contributed by atoms with Gasteiger partial charge in [0.1, 0.15) is 11.5 Å². The molecule has 22 heavy (non-hydrogen) atoms. The maximum absolute atomic E-state index is 8.91. The van der Waals surface area contributed by atoms with Crippen molar-refractivity contribution >= 4 is 28.4 Å². The minimum Gasteiger partial charge on any atom is -0.497 e. The van der Waals surface area contributed by atoms with E-state index in [1.54, 1.807) is 14.2 Å². The van der Waals surface area contributed by atoms with Gasteiger partial charge in [-0.15, -0.1) is 0 Å². The first kappa shape index (κ1) is 15.9. The van der Waals surface area contributed by atoms with Gasteiger partial charge in [0.2, 0.25) is 0 Å². The third kappa shape index (κ3) is 3.59. The summed E-state index contributed by atoms with van der Waals surface area (Å²) in [5, 5.41) is 12.5. The van der Waals surface area contributed by atoms with Crippen molar-refractivity contribution in [3.05, 3.63) is 59.7 Å². The van der Waals surface area contributed by atoms with E-state index in [1.165, 1.54) is 6.21 Å². The standard InChI is InChI=1S/C17H16ClNO3/c1-21-14-7-3-12(4-8-14)16(11-19-20)17(18)13-5-9-15(22-2)10-6-13/h3-11,20H,1-2H3/b17-16-,19-11-. The van der Waals surface area contributed by atoms with Crippen LogP contribution < -0.4 is 9.47 Å². The molecule has 0 aliphatic heterocycles.